The molecule has 0 aromatic heterocycles. The van der Waals surface area contributed by atoms with Gasteiger partial charge in [0.15, 0.2) is 0 Å². The van der Waals surface area contributed by atoms with E-state index < -0.39 is 0 Å². The highest BCUT2D eigenvalue weighted by atomic mass is 79.9. The van der Waals surface area contributed by atoms with Crippen molar-refractivity contribution in [1.29, 1.82) is 0 Å². The first-order valence-corrected chi connectivity index (χ1v) is 6.94. The van der Waals surface area contributed by atoms with Gasteiger partial charge < -0.3 is 4.74 Å². The molecule has 1 unspecified atom stereocenters. The highest BCUT2D eigenvalue weighted by Crippen LogP contribution is 2.22. The van der Waals surface area contributed by atoms with E-state index in [0.29, 0.717) is 6.10 Å². The summed E-state index contributed by atoms with van der Waals surface area (Å²) < 4.78 is 5.78. The van der Waals surface area contributed by atoms with Crippen molar-refractivity contribution in [3.8, 4) is 0 Å². The van der Waals surface area contributed by atoms with E-state index in [1.807, 2.05) is 0 Å². The lowest BCUT2D eigenvalue weighted by molar-refractivity contribution is -0.00646. The molecule has 2 saturated heterocycles. The summed E-state index contributed by atoms with van der Waals surface area (Å²) in [5.41, 5.74) is 0. The Balaban J connectivity index is 1.77. The molecule has 0 amide bonds. The van der Waals surface area contributed by atoms with Crippen molar-refractivity contribution < 1.29 is 4.74 Å². The second-order valence-electron chi connectivity index (χ2n) is 4.43. The first kappa shape index (κ1) is 10.9. The number of alkyl halides is 1. The van der Waals surface area contributed by atoms with Crippen LogP contribution < -0.4 is 0 Å². The zero-order valence-electron chi connectivity index (χ0n) is 8.75. The predicted molar refractivity (Wildman–Crippen MR) is 62.0 cm³/mol. The summed E-state index contributed by atoms with van der Waals surface area (Å²) in [5.74, 6) is 0. The number of halogens is 1. The third-order valence-electron chi connectivity index (χ3n) is 3.39. The molecule has 0 aliphatic carbocycles. The van der Waals surface area contributed by atoms with Crippen molar-refractivity contribution >= 4 is 15.9 Å². The molecule has 0 aromatic rings. The summed E-state index contributed by atoms with van der Waals surface area (Å²) in [6, 6.07) is 0.764. The molecule has 2 atom stereocenters. The molecule has 0 spiro atoms. The summed E-state index contributed by atoms with van der Waals surface area (Å²) in [7, 11) is 0. The van der Waals surface area contributed by atoms with Crippen molar-refractivity contribution in [2.24, 2.45) is 0 Å². The number of hydrogen-bond acceptors (Lipinski definition) is 2. The molecule has 0 saturated carbocycles. The highest BCUT2D eigenvalue weighted by molar-refractivity contribution is 9.09. The van der Waals surface area contributed by atoms with Gasteiger partial charge in [-0.1, -0.05) is 15.9 Å². The van der Waals surface area contributed by atoms with E-state index in [9.17, 15) is 0 Å². The minimum absolute atomic E-state index is 0.517. The van der Waals surface area contributed by atoms with Crippen molar-refractivity contribution in [3.05, 3.63) is 0 Å². The van der Waals surface area contributed by atoms with Gasteiger partial charge in [0.05, 0.1) is 6.10 Å². The molecular formula is C11H20BrNO. The molecule has 2 heterocycles. The average molecular weight is 262 g/mol. The highest BCUT2D eigenvalue weighted by Gasteiger charge is 2.26. The van der Waals surface area contributed by atoms with E-state index in [2.05, 4.69) is 20.8 Å². The van der Waals surface area contributed by atoms with Gasteiger partial charge in [-0.2, -0.15) is 0 Å². The fourth-order valence-corrected chi connectivity index (χ4v) is 3.26. The van der Waals surface area contributed by atoms with Gasteiger partial charge in [-0.05, 0) is 38.6 Å². The molecular weight excluding hydrogens is 242 g/mol. The lowest BCUT2D eigenvalue weighted by Gasteiger charge is -2.30. The van der Waals surface area contributed by atoms with Crippen molar-refractivity contribution in [2.75, 3.05) is 25.0 Å². The Morgan fingerprint density at radius 2 is 2.14 bits per heavy atom. The predicted octanol–water partition coefficient (Wildman–Crippen LogP) is 2.41. The van der Waals surface area contributed by atoms with E-state index in [-0.39, 0.29) is 0 Å². The Kier molecular flexibility index (Phi) is 4.26. The summed E-state index contributed by atoms with van der Waals surface area (Å²) in [4.78, 5) is 2.60. The van der Waals surface area contributed by atoms with Crippen molar-refractivity contribution in [3.63, 3.8) is 0 Å². The van der Waals surface area contributed by atoms with Crippen LogP contribution in [-0.4, -0.2) is 42.1 Å². The Morgan fingerprint density at radius 3 is 2.86 bits per heavy atom. The molecule has 2 aliphatic heterocycles. The van der Waals surface area contributed by atoms with Gasteiger partial charge in [0, 0.05) is 24.5 Å². The maximum absolute atomic E-state index is 5.78. The molecule has 0 radical (unpaired) electrons. The number of rotatable bonds is 3. The molecule has 2 aliphatic rings. The van der Waals surface area contributed by atoms with Crippen LogP contribution in [-0.2, 0) is 4.74 Å². The second-order valence-corrected chi connectivity index (χ2v) is 5.08. The maximum Gasteiger partial charge on any atom is 0.0702 e. The zero-order chi connectivity index (χ0) is 9.80. The maximum atomic E-state index is 5.78. The molecule has 0 bridgehead atoms. The van der Waals surface area contributed by atoms with Gasteiger partial charge in [0.25, 0.3) is 0 Å². The zero-order valence-corrected chi connectivity index (χ0v) is 10.3. The molecule has 82 valence electrons. The quantitative estimate of drug-likeness (QED) is 0.724. The van der Waals surface area contributed by atoms with Crippen LogP contribution in [0.5, 0.6) is 0 Å². The summed E-state index contributed by atoms with van der Waals surface area (Å²) in [5, 5.41) is 1.12. The van der Waals surface area contributed by atoms with E-state index in [1.165, 1.54) is 38.6 Å². The first-order chi connectivity index (χ1) is 6.90. The largest absolute Gasteiger partial charge is 0.377 e. The van der Waals surface area contributed by atoms with E-state index in [4.69, 9.17) is 4.74 Å². The molecule has 2 nitrogen and oxygen atoms in total. The molecule has 0 N–H and O–H groups in total. The van der Waals surface area contributed by atoms with Gasteiger partial charge in [0.1, 0.15) is 0 Å². The van der Waals surface area contributed by atoms with Crippen molar-refractivity contribution in [1.82, 2.24) is 4.90 Å². The van der Waals surface area contributed by atoms with Crippen LogP contribution in [0.3, 0.4) is 0 Å². The monoisotopic (exact) mass is 261 g/mol. The number of nitrogens with zero attached hydrogens (tertiary/aromatic N) is 1. The van der Waals surface area contributed by atoms with Gasteiger partial charge in [-0.3, -0.25) is 4.90 Å². The fourth-order valence-electron chi connectivity index (χ4n) is 2.52. The Bertz CT molecular complexity index is 171. The number of ether oxygens (including phenoxy) is 1. The van der Waals surface area contributed by atoms with E-state index in [1.54, 1.807) is 0 Å². The first-order valence-electron chi connectivity index (χ1n) is 5.82. The summed E-state index contributed by atoms with van der Waals surface area (Å²) in [6.45, 7) is 3.42. The van der Waals surface area contributed by atoms with E-state index >= 15 is 0 Å². The Morgan fingerprint density at radius 1 is 1.21 bits per heavy atom. The van der Waals surface area contributed by atoms with Crippen LogP contribution in [0.4, 0.5) is 0 Å². The third kappa shape index (κ3) is 2.71. The minimum atomic E-state index is 0.517. The van der Waals surface area contributed by atoms with Gasteiger partial charge in [-0.25, -0.2) is 0 Å². The lowest BCUT2D eigenvalue weighted by atomic mass is 10.1. The molecule has 3 heteroatoms. The fraction of sp³-hybridized carbons (Fsp3) is 1.00. The Hall–Kier alpha value is 0.400. The van der Waals surface area contributed by atoms with E-state index in [0.717, 1.165) is 24.5 Å². The minimum Gasteiger partial charge on any atom is -0.377 e. The molecule has 14 heavy (non-hydrogen) atoms. The third-order valence-corrected chi connectivity index (χ3v) is 4.14. The van der Waals surface area contributed by atoms with Gasteiger partial charge >= 0.3 is 0 Å². The van der Waals surface area contributed by atoms with Crippen LogP contribution >= 0.6 is 15.9 Å². The van der Waals surface area contributed by atoms with Crippen LogP contribution in [0.25, 0.3) is 0 Å². The number of hydrogen-bond donors (Lipinski definition) is 0. The SMILES string of the molecule is BrC[C@H]1CCCN1CC1CCCCO1. The molecule has 2 fully saturated rings. The summed E-state index contributed by atoms with van der Waals surface area (Å²) >= 11 is 3.60. The van der Waals surface area contributed by atoms with Gasteiger partial charge in [-0.15, -0.1) is 0 Å². The van der Waals surface area contributed by atoms with Crippen molar-refractivity contribution in [2.45, 2.75) is 44.2 Å². The topological polar surface area (TPSA) is 12.5 Å². The normalized spacial score (nSPS) is 34.9. The lowest BCUT2D eigenvalue weighted by Crippen LogP contribution is -2.39. The smallest absolute Gasteiger partial charge is 0.0702 e. The van der Waals surface area contributed by atoms with Crippen LogP contribution in [0, 0.1) is 0 Å². The van der Waals surface area contributed by atoms with Gasteiger partial charge in [0.2, 0.25) is 0 Å². The second kappa shape index (κ2) is 5.47. The number of likely N-dealkylation sites (tertiary alicyclic amines) is 1. The Labute approximate surface area is 95.1 Å². The van der Waals surface area contributed by atoms with Crippen LogP contribution in [0.2, 0.25) is 0 Å². The van der Waals surface area contributed by atoms with Crippen LogP contribution in [0.15, 0.2) is 0 Å². The molecule has 2 rings (SSSR count). The standard InChI is InChI=1S/C11H20BrNO/c12-8-10-4-3-6-13(10)9-11-5-1-2-7-14-11/h10-11H,1-9H2/t10-,11?/m1/s1. The molecule has 0 aromatic carbocycles. The summed E-state index contributed by atoms with van der Waals surface area (Å²) in [6.07, 6.45) is 7.13. The average Bonchev–Trinajstić information content (AvgIpc) is 2.67. The van der Waals surface area contributed by atoms with Crippen LogP contribution in [0.1, 0.15) is 32.1 Å².